The molecule has 13 heavy (non-hydrogen) atoms. The molecule has 0 atom stereocenters. The molecule has 0 saturated carbocycles. The monoisotopic (exact) mass is 198 g/mol. The molecule has 0 unspecified atom stereocenters. The molecule has 1 aromatic heterocycles. The SMILES string of the molecule is Cc1cnc(Cl)c(CCC(N)=O)c1. The van der Waals surface area contributed by atoms with Crippen molar-refractivity contribution in [2.75, 3.05) is 0 Å². The predicted octanol–water partition coefficient (Wildman–Crippen LogP) is 1.46. The van der Waals surface area contributed by atoms with Crippen molar-refractivity contribution in [1.29, 1.82) is 0 Å². The molecule has 0 aliphatic heterocycles. The third kappa shape index (κ3) is 3.03. The van der Waals surface area contributed by atoms with Crippen LogP contribution in [-0.4, -0.2) is 10.9 Å². The van der Waals surface area contributed by atoms with Gasteiger partial charge in [-0.3, -0.25) is 4.79 Å². The second-order valence-electron chi connectivity index (χ2n) is 2.93. The zero-order valence-electron chi connectivity index (χ0n) is 7.38. The minimum Gasteiger partial charge on any atom is -0.370 e. The third-order valence-corrected chi connectivity index (χ3v) is 2.03. The molecular formula is C9H11ClN2O. The zero-order chi connectivity index (χ0) is 9.84. The summed E-state index contributed by atoms with van der Waals surface area (Å²) < 4.78 is 0. The van der Waals surface area contributed by atoms with Gasteiger partial charge in [-0.15, -0.1) is 0 Å². The van der Waals surface area contributed by atoms with E-state index < -0.39 is 0 Å². The van der Waals surface area contributed by atoms with E-state index in [0.29, 0.717) is 18.0 Å². The molecular weight excluding hydrogens is 188 g/mol. The Bertz CT molecular complexity index is 325. The van der Waals surface area contributed by atoms with E-state index in [9.17, 15) is 4.79 Å². The molecule has 0 bridgehead atoms. The number of primary amides is 1. The van der Waals surface area contributed by atoms with Gasteiger partial charge in [0.25, 0.3) is 0 Å². The maximum atomic E-state index is 10.5. The van der Waals surface area contributed by atoms with Crippen LogP contribution in [0.5, 0.6) is 0 Å². The number of pyridine rings is 1. The number of carbonyl (C=O) groups excluding carboxylic acids is 1. The molecule has 0 radical (unpaired) electrons. The Morgan fingerprint density at radius 2 is 2.38 bits per heavy atom. The lowest BCUT2D eigenvalue weighted by atomic mass is 10.1. The van der Waals surface area contributed by atoms with Crippen LogP contribution in [0, 0.1) is 6.92 Å². The zero-order valence-corrected chi connectivity index (χ0v) is 8.14. The number of halogens is 1. The van der Waals surface area contributed by atoms with Crippen LogP contribution in [0.25, 0.3) is 0 Å². The summed E-state index contributed by atoms with van der Waals surface area (Å²) in [5, 5.41) is 0.451. The minimum atomic E-state index is -0.322. The van der Waals surface area contributed by atoms with Gasteiger partial charge in [-0.2, -0.15) is 0 Å². The second kappa shape index (κ2) is 4.23. The highest BCUT2D eigenvalue weighted by atomic mass is 35.5. The van der Waals surface area contributed by atoms with Gasteiger partial charge in [-0.1, -0.05) is 17.7 Å². The maximum Gasteiger partial charge on any atom is 0.217 e. The number of nitrogens with two attached hydrogens (primary N) is 1. The van der Waals surface area contributed by atoms with Crippen LogP contribution in [0.15, 0.2) is 12.3 Å². The van der Waals surface area contributed by atoms with Crippen molar-refractivity contribution < 1.29 is 4.79 Å². The number of hydrogen-bond acceptors (Lipinski definition) is 2. The molecule has 0 spiro atoms. The fourth-order valence-electron chi connectivity index (χ4n) is 1.05. The van der Waals surface area contributed by atoms with Crippen molar-refractivity contribution in [3.63, 3.8) is 0 Å². The van der Waals surface area contributed by atoms with Crippen molar-refractivity contribution in [2.24, 2.45) is 5.73 Å². The van der Waals surface area contributed by atoms with Gasteiger partial charge in [-0.25, -0.2) is 4.98 Å². The number of aryl methyl sites for hydroxylation is 2. The third-order valence-electron chi connectivity index (χ3n) is 1.69. The van der Waals surface area contributed by atoms with Gasteiger partial charge in [0.05, 0.1) is 0 Å². The van der Waals surface area contributed by atoms with Gasteiger partial charge in [-0.05, 0) is 24.5 Å². The topological polar surface area (TPSA) is 56.0 Å². The lowest BCUT2D eigenvalue weighted by molar-refractivity contribution is -0.117. The number of rotatable bonds is 3. The van der Waals surface area contributed by atoms with Crippen LogP contribution >= 0.6 is 11.6 Å². The van der Waals surface area contributed by atoms with E-state index in [-0.39, 0.29) is 5.91 Å². The number of nitrogens with zero attached hydrogens (tertiary/aromatic N) is 1. The van der Waals surface area contributed by atoms with E-state index in [4.69, 9.17) is 17.3 Å². The largest absolute Gasteiger partial charge is 0.370 e. The molecule has 0 fully saturated rings. The predicted molar refractivity (Wildman–Crippen MR) is 51.5 cm³/mol. The van der Waals surface area contributed by atoms with E-state index in [1.165, 1.54) is 0 Å². The Morgan fingerprint density at radius 3 is 3.00 bits per heavy atom. The van der Waals surface area contributed by atoms with Crippen molar-refractivity contribution in [2.45, 2.75) is 19.8 Å². The molecule has 1 amide bonds. The average Bonchev–Trinajstić information content (AvgIpc) is 2.06. The Hall–Kier alpha value is -1.09. The Balaban J connectivity index is 2.75. The van der Waals surface area contributed by atoms with Crippen LogP contribution in [0.2, 0.25) is 5.15 Å². The van der Waals surface area contributed by atoms with Crippen LogP contribution in [-0.2, 0) is 11.2 Å². The molecule has 0 aliphatic carbocycles. The lowest BCUT2D eigenvalue weighted by Gasteiger charge is -2.02. The van der Waals surface area contributed by atoms with Gasteiger partial charge in [0.2, 0.25) is 5.91 Å². The van der Waals surface area contributed by atoms with Crippen molar-refractivity contribution in [1.82, 2.24) is 4.98 Å². The second-order valence-corrected chi connectivity index (χ2v) is 3.29. The summed E-state index contributed by atoms with van der Waals surface area (Å²) in [6, 6.07) is 1.91. The van der Waals surface area contributed by atoms with Gasteiger partial charge in [0.15, 0.2) is 0 Å². The Kier molecular flexibility index (Phi) is 3.25. The van der Waals surface area contributed by atoms with Crippen molar-refractivity contribution in [3.8, 4) is 0 Å². The highest BCUT2D eigenvalue weighted by Crippen LogP contribution is 2.15. The summed E-state index contributed by atoms with van der Waals surface area (Å²) in [5.74, 6) is -0.322. The van der Waals surface area contributed by atoms with E-state index in [2.05, 4.69) is 4.98 Å². The van der Waals surface area contributed by atoms with Gasteiger partial charge < -0.3 is 5.73 Å². The van der Waals surface area contributed by atoms with Crippen LogP contribution < -0.4 is 5.73 Å². The first-order valence-electron chi connectivity index (χ1n) is 3.99. The molecule has 0 aliphatic rings. The molecule has 0 aromatic carbocycles. The van der Waals surface area contributed by atoms with Crippen LogP contribution in [0.1, 0.15) is 17.5 Å². The van der Waals surface area contributed by atoms with E-state index >= 15 is 0 Å². The van der Waals surface area contributed by atoms with Crippen molar-refractivity contribution >= 4 is 17.5 Å². The molecule has 2 N–H and O–H groups in total. The first kappa shape index (κ1) is 9.99. The van der Waals surface area contributed by atoms with Crippen LogP contribution in [0.4, 0.5) is 0 Å². The number of carbonyl (C=O) groups is 1. The molecule has 1 heterocycles. The molecule has 1 aromatic rings. The van der Waals surface area contributed by atoms with E-state index in [1.807, 2.05) is 13.0 Å². The molecule has 0 saturated heterocycles. The van der Waals surface area contributed by atoms with Crippen LogP contribution in [0.3, 0.4) is 0 Å². The highest BCUT2D eigenvalue weighted by Gasteiger charge is 2.03. The summed E-state index contributed by atoms with van der Waals surface area (Å²) in [6.45, 7) is 1.93. The Morgan fingerprint density at radius 1 is 1.69 bits per heavy atom. The van der Waals surface area contributed by atoms with Gasteiger partial charge in [0.1, 0.15) is 5.15 Å². The fourth-order valence-corrected chi connectivity index (χ4v) is 1.24. The van der Waals surface area contributed by atoms with E-state index in [0.717, 1.165) is 11.1 Å². The quantitative estimate of drug-likeness (QED) is 0.748. The summed E-state index contributed by atoms with van der Waals surface area (Å²) in [4.78, 5) is 14.5. The standard InChI is InChI=1S/C9H11ClN2O/c1-6-4-7(2-3-8(11)13)9(10)12-5-6/h4-5H,2-3H2,1H3,(H2,11,13). The summed E-state index contributed by atoms with van der Waals surface area (Å²) in [5.41, 5.74) is 6.93. The molecule has 4 heteroatoms. The normalized spacial score (nSPS) is 10.0. The first-order chi connectivity index (χ1) is 6.09. The lowest BCUT2D eigenvalue weighted by Crippen LogP contribution is -2.11. The summed E-state index contributed by atoms with van der Waals surface area (Å²) in [6.07, 6.45) is 2.56. The van der Waals surface area contributed by atoms with E-state index in [1.54, 1.807) is 6.20 Å². The number of hydrogen-bond donors (Lipinski definition) is 1. The van der Waals surface area contributed by atoms with Gasteiger partial charge >= 0.3 is 0 Å². The molecule has 1 rings (SSSR count). The summed E-state index contributed by atoms with van der Waals surface area (Å²) >= 11 is 5.82. The number of aromatic nitrogens is 1. The maximum absolute atomic E-state index is 10.5. The molecule has 70 valence electrons. The summed E-state index contributed by atoms with van der Waals surface area (Å²) in [7, 11) is 0. The minimum absolute atomic E-state index is 0.310. The van der Waals surface area contributed by atoms with Crippen molar-refractivity contribution in [3.05, 3.63) is 28.5 Å². The fraction of sp³-hybridized carbons (Fsp3) is 0.333. The highest BCUT2D eigenvalue weighted by molar-refractivity contribution is 6.30. The number of amides is 1. The first-order valence-corrected chi connectivity index (χ1v) is 4.36. The Labute approximate surface area is 81.9 Å². The smallest absolute Gasteiger partial charge is 0.217 e. The average molecular weight is 199 g/mol. The molecule has 3 nitrogen and oxygen atoms in total. The van der Waals surface area contributed by atoms with Gasteiger partial charge in [0, 0.05) is 12.6 Å².